The number of anilines is 1. The molecule has 8 heteroatoms. The van der Waals surface area contributed by atoms with Crippen molar-refractivity contribution in [1.82, 2.24) is 4.98 Å². The molecule has 1 aliphatic carbocycles. The van der Waals surface area contributed by atoms with Crippen molar-refractivity contribution in [3.63, 3.8) is 0 Å². The van der Waals surface area contributed by atoms with Gasteiger partial charge < -0.3 is 10.4 Å². The minimum Gasteiger partial charge on any atom is -0.481 e. The summed E-state index contributed by atoms with van der Waals surface area (Å²) < 4.78 is 0. The molecule has 0 unspecified atom stereocenters. The van der Waals surface area contributed by atoms with E-state index in [2.05, 4.69) is 10.3 Å². The molecular weight excluding hydrogens is 395 g/mol. The van der Waals surface area contributed by atoms with Gasteiger partial charge in [0.15, 0.2) is 5.13 Å². The average Bonchev–Trinajstić information content (AvgIpc) is 3.16. The molecule has 0 spiro atoms. The van der Waals surface area contributed by atoms with E-state index < -0.39 is 11.4 Å². The van der Waals surface area contributed by atoms with Crippen LogP contribution in [-0.4, -0.2) is 22.0 Å². The van der Waals surface area contributed by atoms with E-state index in [4.69, 9.17) is 28.3 Å². The molecule has 138 valence electrons. The molecule has 0 radical (unpaired) electrons. The first-order chi connectivity index (χ1) is 12.4. The number of amides is 1. The molecule has 0 atom stereocenters. The summed E-state index contributed by atoms with van der Waals surface area (Å²) in [7, 11) is 0. The van der Waals surface area contributed by atoms with Gasteiger partial charge in [0.2, 0.25) is 5.91 Å². The van der Waals surface area contributed by atoms with Crippen LogP contribution in [-0.2, 0) is 9.59 Å². The number of nitrogens with one attached hydrogen (secondary N) is 1. The maximum atomic E-state index is 12.4. The van der Waals surface area contributed by atoms with Gasteiger partial charge in [-0.25, -0.2) is 4.98 Å². The Kier molecular flexibility index (Phi) is 5.85. The number of benzene rings is 1. The van der Waals surface area contributed by atoms with Crippen LogP contribution in [0.4, 0.5) is 5.13 Å². The highest BCUT2D eigenvalue weighted by Crippen LogP contribution is 2.44. The quantitative estimate of drug-likeness (QED) is 0.657. The first-order valence-electron chi connectivity index (χ1n) is 8.29. The van der Waals surface area contributed by atoms with Crippen LogP contribution in [0.3, 0.4) is 0 Å². The minimum atomic E-state index is -0.853. The summed E-state index contributed by atoms with van der Waals surface area (Å²) in [6.07, 6.45) is 3.72. The second-order valence-electron chi connectivity index (χ2n) is 6.66. The standard InChI is InChI=1S/C18H18Cl2N2O3S/c19-11-3-4-12(13(20)7-11)14-10-26-17(21-14)22-15(23)8-18(9-16(24)25)5-1-2-6-18/h3-4,7,10H,1-2,5-6,8-9H2,(H,24,25)(H,21,22,23). The normalized spacial score (nSPS) is 15.8. The van der Waals surface area contributed by atoms with Crippen LogP contribution in [0.5, 0.6) is 0 Å². The van der Waals surface area contributed by atoms with Crippen LogP contribution in [0.25, 0.3) is 11.3 Å². The number of nitrogens with zero attached hydrogens (tertiary/aromatic N) is 1. The molecule has 1 amide bonds. The first kappa shape index (κ1) is 19.1. The lowest BCUT2D eigenvalue weighted by atomic mass is 9.79. The average molecular weight is 413 g/mol. The second kappa shape index (κ2) is 7.94. The zero-order valence-electron chi connectivity index (χ0n) is 13.9. The number of carbonyl (C=O) groups is 2. The second-order valence-corrected chi connectivity index (χ2v) is 8.37. The highest BCUT2D eigenvalue weighted by molar-refractivity contribution is 7.14. The van der Waals surface area contributed by atoms with E-state index in [1.165, 1.54) is 11.3 Å². The highest BCUT2D eigenvalue weighted by atomic mass is 35.5. The third kappa shape index (κ3) is 4.55. The van der Waals surface area contributed by atoms with E-state index in [0.29, 0.717) is 20.9 Å². The zero-order valence-corrected chi connectivity index (χ0v) is 16.3. The lowest BCUT2D eigenvalue weighted by Crippen LogP contribution is -2.27. The van der Waals surface area contributed by atoms with E-state index in [1.807, 2.05) is 5.38 Å². The first-order valence-corrected chi connectivity index (χ1v) is 9.93. The Hall–Kier alpha value is -1.63. The molecule has 2 N–H and O–H groups in total. The van der Waals surface area contributed by atoms with Gasteiger partial charge in [0.05, 0.1) is 17.1 Å². The van der Waals surface area contributed by atoms with E-state index in [0.717, 1.165) is 31.2 Å². The Morgan fingerprint density at radius 1 is 1.23 bits per heavy atom. The zero-order chi connectivity index (χ0) is 18.7. The van der Waals surface area contributed by atoms with Crippen LogP contribution in [0.2, 0.25) is 10.0 Å². The Balaban J connectivity index is 1.68. The molecule has 1 heterocycles. The van der Waals surface area contributed by atoms with Crippen LogP contribution >= 0.6 is 34.5 Å². The molecular formula is C18H18Cl2N2O3S. The fourth-order valence-corrected chi connectivity index (χ4v) is 4.75. The van der Waals surface area contributed by atoms with Crippen molar-refractivity contribution in [3.05, 3.63) is 33.6 Å². The highest BCUT2D eigenvalue weighted by Gasteiger charge is 2.38. The Bertz CT molecular complexity index is 832. The number of aromatic nitrogens is 1. The predicted molar refractivity (Wildman–Crippen MR) is 104 cm³/mol. The van der Waals surface area contributed by atoms with Gasteiger partial charge in [0.1, 0.15) is 0 Å². The van der Waals surface area contributed by atoms with Crippen LogP contribution < -0.4 is 5.32 Å². The van der Waals surface area contributed by atoms with Gasteiger partial charge in [-0.2, -0.15) is 0 Å². The van der Waals surface area contributed by atoms with Gasteiger partial charge in [-0.3, -0.25) is 9.59 Å². The maximum Gasteiger partial charge on any atom is 0.303 e. The number of aliphatic carboxylic acids is 1. The Labute approximate surface area is 165 Å². The number of carboxylic acid groups (broad SMARTS) is 1. The SMILES string of the molecule is O=C(O)CC1(CC(=O)Nc2nc(-c3ccc(Cl)cc3Cl)cs2)CCCC1. The monoisotopic (exact) mass is 412 g/mol. The smallest absolute Gasteiger partial charge is 0.303 e. The van der Waals surface area contributed by atoms with Gasteiger partial charge >= 0.3 is 5.97 Å². The molecule has 0 saturated heterocycles. The molecule has 26 heavy (non-hydrogen) atoms. The molecule has 1 aromatic heterocycles. The maximum absolute atomic E-state index is 12.4. The molecule has 2 aromatic rings. The summed E-state index contributed by atoms with van der Waals surface area (Å²) in [6.45, 7) is 0. The van der Waals surface area contributed by atoms with E-state index >= 15 is 0 Å². The molecule has 3 rings (SSSR count). The fourth-order valence-electron chi connectivity index (χ4n) is 3.52. The lowest BCUT2D eigenvalue weighted by Gasteiger charge is -2.25. The van der Waals surface area contributed by atoms with Crippen molar-refractivity contribution in [2.75, 3.05) is 5.32 Å². The number of carboxylic acids is 1. The fraction of sp³-hybridized carbons (Fsp3) is 0.389. The van der Waals surface area contributed by atoms with Crippen LogP contribution in [0.15, 0.2) is 23.6 Å². The molecule has 5 nitrogen and oxygen atoms in total. The summed E-state index contributed by atoms with van der Waals surface area (Å²) in [4.78, 5) is 28.0. The van der Waals surface area contributed by atoms with Gasteiger partial charge in [-0.15, -0.1) is 11.3 Å². The van der Waals surface area contributed by atoms with Crippen molar-refractivity contribution in [1.29, 1.82) is 0 Å². The van der Waals surface area contributed by atoms with Crippen LogP contribution in [0, 0.1) is 5.41 Å². The Morgan fingerprint density at radius 3 is 2.62 bits per heavy atom. The summed E-state index contributed by atoms with van der Waals surface area (Å²) >= 11 is 13.4. The molecule has 1 fully saturated rings. The third-order valence-electron chi connectivity index (χ3n) is 4.68. The number of hydrogen-bond acceptors (Lipinski definition) is 4. The number of halogens is 2. The van der Waals surface area contributed by atoms with Crippen molar-refractivity contribution >= 4 is 51.5 Å². The number of rotatable bonds is 6. The number of hydrogen-bond donors (Lipinski definition) is 2. The molecule has 1 saturated carbocycles. The van der Waals surface area contributed by atoms with Gasteiger partial charge in [0, 0.05) is 22.4 Å². The van der Waals surface area contributed by atoms with Crippen molar-refractivity contribution < 1.29 is 14.7 Å². The predicted octanol–water partition coefficient (Wildman–Crippen LogP) is 5.48. The third-order valence-corrected chi connectivity index (χ3v) is 5.99. The number of carbonyl (C=O) groups excluding carboxylic acids is 1. The van der Waals surface area contributed by atoms with Gasteiger partial charge in [0.25, 0.3) is 0 Å². The molecule has 1 aromatic carbocycles. The summed E-state index contributed by atoms with van der Waals surface area (Å²) in [6, 6.07) is 5.16. The summed E-state index contributed by atoms with van der Waals surface area (Å²) in [5.74, 6) is -1.05. The molecule has 1 aliphatic rings. The molecule has 0 bridgehead atoms. The Morgan fingerprint density at radius 2 is 1.96 bits per heavy atom. The van der Waals surface area contributed by atoms with Crippen LogP contribution in [0.1, 0.15) is 38.5 Å². The summed E-state index contributed by atoms with van der Waals surface area (Å²) in [5, 5.41) is 15.3. The largest absolute Gasteiger partial charge is 0.481 e. The van der Waals surface area contributed by atoms with Crippen molar-refractivity contribution in [3.8, 4) is 11.3 Å². The van der Waals surface area contributed by atoms with Gasteiger partial charge in [-0.1, -0.05) is 36.0 Å². The summed E-state index contributed by atoms with van der Waals surface area (Å²) in [5.41, 5.74) is 0.967. The molecule has 0 aliphatic heterocycles. The van der Waals surface area contributed by atoms with E-state index in [1.54, 1.807) is 18.2 Å². The van der Waals surface area contributed by atoms with E-state index in [9.17, 15) is 9.59 Å². The van der Waals surface area contributed by atoms with Crippen molar-refractivity contribution in [2.45, 2.75) is 38.5 Å². The van der Waals surface area contributed by atoms with E-state index in [-0.39, 0.29) is 18.7 Å². The lowest BCUT2D eigenvalue weighted by molar-refractivity contribution is -0.140. The number of thiazole rings is 1. The minimum absolute atomic E-state index is 0.0317. The topological polar surface area (TPSA) is 79.3 Å². The van der Waals surface area contributed by atoms with Crippen molar-refractivity contribution in [2.24, 2.45) is 5.41 Å². The van der Waals surface area contributed by atoms with Gasteiger partial charge in [-0.05, 0) is 36.5 Å².